The quantitative estimate of drug-likeness (QED) is 0.715. The van der Waals surface area contributed by atoms with Crippen LogP contribution in [0, 0.1) is 13.8 Å². The number of H-pyrrole nitrogens is 1. The van der Waals surface area contributed by atoms with E-state index in [1.54, 1.807) is 38.1 Å². The number of hydrogen-bond donors (Lipinski definition) is 2. The number of aromatic nitrogens is 1. The number of rotatable bonds is 7. The number of carbonyl (C=O) groups excluding carboxylic acids is 2. The fourth-order valence-corrected chi connectivity index (χ4v) is 2.81. The highest BCUT2D eigenvalue weighted by Crippen LogP contribution is 2.19. The fraction of sp³-hybridized carbons (Fsp3) is 0.368. The van der Waals surface area contributed by atoms with E-state index in [9.17, 15) is 22.8 Å². The van der Waals surface area contributed by atoms with Crippen molar-refractivity contribution >= 4 is 11.7 Å². The first-order chi connectivity index (χ1) is 12.6. The molecule has 0 unspecified atom stereocenters. The first kappa shape index (κ1) is 20.7. The summed E-state index contributed by atoms with van der Waals surface area (Å²) >= 11 is 0. The van der Waals surface area contributed by atoms with Crippen molar-refractivity contribution in [2.24, 2.45) is 0 Å². The van der Waals surface area contributed by atoms with Gasteiger partial charge in [-0.3, -0.25) is 9.59 Å². The van der Waals surface area contributed by atoms with Gasteiger partial charge in [0.15, 0.2) is 5.78 Å². The Kier molecular flexibility index (Phi) is 6.43. The summed E-state index contributed by atoms with van der Waals surface area (Å²) in [5, 5.41) is 2.76. The van der Waals surface area contributed by atoms with Gasteiger partial charge >= 0.3 is 6.18 Å². The van der Waals surface area contributed by atoms with Gasteiger partial charge < -0.3 is 15.0 Å². The number of aromatic amines is 1. The van der Waals surface area contributed by atoms with E-state index < -0.39 is 12.8 Å². The topological polar surface area (TPSA) is 71.2 Å². The molecule has 2 N–H and O–H groups in total. The van der Waals surface area contributed by atoms with E-state index in [4.69, 9.17) is 0 Å². The number of aryl methyl sites for hydroxylation is 1. The van der Waals surface area contributed by atoms with Crippen LogP contribution in [-0.2, 0) is 17.9 Å². The van der Waals surface area contributed by atoms with Crippen molar-refractivity contribution in [3.05, 3.63) is 57.9 Å². The van der Waals surface area contributed by atoms with Crippen LogP contribution in [0.15, 0.2) is 24.3 Å². The Balaban J connectivity index is 1.92. The number of halogens is 3. The molecule has 0 aliphatic carbocycles. The summed E-state index contributed by atoms with van der Waals surface area (Å²) in [7, 11) is 0. The summed E-state index contributed by atoms with van der Waals surface area (Å²) in [5.74, 6) is -0.440. The molecule has 8 heteroatoms. The van der Waals surface area contributed by atoms with Gasteiger partial charge in [-0.25, -0.2) is 0 Å². The molecular formula is C19H21F3N2O3. The van der Waals surface area contributed by atoms with E-state index in [-0.39, 0.29) is 24.8 Å². The molecule has 0 radical (unpaired) electrons. The SMILES string of the molecule is CC(=O)c1c(C)[nH]c(C(=O)NCc2ccc(COCC(F)(F)F)cc2)c1C. The molecular weight excluding hydrogens is 361 g/mol. The summed E-state index contributed by atoms with van der Waals surface area (Å²) in [6.45, 7) is 3.72. The monoisotopic (exact) mass is 382 g/mol. The summed E-state index contributed by atoms with van der Waals surface area (Å²) < 4.78 is 40.8. The van der Waals surface area contributed by atoms with Crippen LogP contribution in [0.5, 0.6) is 0 Å². The van der Waals surface area contributed by atoms with Crippen LogP contribution in [0.1, 0.15) is 50.2 Å². The highest BCUT2D eigenvalue weighted by atomic mass is 19.4. The molecule has 0 aliphatic rings. The van der Waals surface area contributed by atoms with Gasteiger partial charge in [0.05, 0.1) is 6.61 Å². The average Bonchev–Trinajstić information content (AvgIpc) is 2.87. The molecule has 1 amide bonds. The summed E-state index contributed by atoms with van der Waals surface area (Å²) in [4.78, 5) is 26.9. The molecule has 146 valence electrons. The molecule has 2 rings (SSSR count). The second-order valence-electron chi connectivity index (χ2n) is 6.29. The minimum atomic E-state index is -4.35. The fourth-order valence-electron chi connectivity index (χ4n) is 2.81. The van der Waals surface area contributed by atoms with Gasteiger partial charge in [0.2, 0.25) is 0 Å². The van der Waals surface area contributed by atoms with E-state index >= 15 is 0 Å². The average molecular weight is 382 g/mol. The van der Waals surface area contributed by atoms with Crippen molar-refractivity contribution in [2.75, 3.05) is 6.61 Å². The van der Waals surface area contributed by atoms with Crippen LogP contribution >= 0.6 is 0 Å². The maximum absolute atomic E-state index is 12.3. The Morgan fingerprint density at radius 1 is 1.11 bits per heavy atom. The van der Waals surface area contributed by atoms with Gasteiger partial charge in [0.25, 0.3) is 5.91 Å². The van der Waals surface area contributed by atoms with Crippen molar-refractivity contribution in [3.8, 4) is 0 Å². The molecule has 0 atom stereocenters. The predicted molar refractivity (Wildman–Crippen MR) is 93.6 cm³/mol. The number of ether oxygens (including phenoxy) is 1. The molecule has 2 aromatic rings. The van der Waals surface area contributed by atoms with Gasteiger partial charge in [-0.1, -0.05) is 24.3 Å². The van der Waals surface area contributed by atoms with E-state index in [2.05, 4.69) is 15.0 Å². The summed E-state index contributed by atoms with van der Waals surface area (Å²) in [6, 6.07) is 6.71. The minimum Gasteiger partial charge on any atom is -0.367 e. The molecule has 1 aromatic carbocycles. The lowest BCUT2D eigenvalue weighted by Crippen LogP contribution is -2.24. The normalized spacial score (nSPS) is 11.5. The largest absolute Gasteiger partial charge is 0.411 e. The van der Waals surface area contributed by atoms with E-state index in [1.807, 2.05) is 0 Å². The Morgan fingerprint density at radius 3 is 2.22 bits per heavy atom. The van der Waals surface area contributed by atoms with Crippen LogP contribution in [0.4, 0.5) is 13.2 Å². The lowest BCUT2D eigenvalue weighted by Gasteiger charge is -2.09. The van der Waals surface area contributed by atoms with Crippen molar-refractivity contribution in [1.29, 1.82) is 0 Å². The first-order valence-corrected chi connectivity index (χ1v) is 8.29. The van der Waals surface area contributed by atoms with Crippen molar-refractivity contribution in [2.45, 2.75) is 40.1 Å². The number of hydrogen-bond acceptors (Lipinski definition) is 3. The highest BCUT2D eigenvalue weighted by molar-refractivity contribution is 6.02. The van der Waals surface area contributed by atoms with Crippen LogP contribution in [0.3, 0.4) is 0 Å². The standard InChI is InChI=1S/C19H21F3N2O3/c1-11-16(13(3)25)12(2)24-17(11)18(26)23-8-14-4-6-15(7-5-14)9-27-10-19(20,21)22/h4-7,24H,8-10H2,1-3H3,(H,23,26). The second kappa shape index (κ2) is 8.39. The smallest absolute Gasteiger partial charge is 0.367 e. The zero-order valence-corrected chi connectivity index (χ0v) is 15.3. The Bertz CT molecular complexity index is 824. The molecule has 0 saturated carbocycles. The third-order valence-corrected chi connectivity index (χ3v) is 4.03. The Morgan fingerprint density at radius 2 is 1.70 bits per heavy atom. The molecule has 0 bridgehead atoms. The minimum absolute atomic E-state index is 0.108. The van der Waals surface area contributed by atoms with Crippen LogP contribution in [0.25, 0.3) is 0 Å². The molecule has 1 aromatic heterocycles. The maximum Gasteiger partial charge on any atom is 0.411 e. The predicted octanol–water partition coefficient (Wildman–Crippen LogP) is 3.84. The number of nitrogens with one attached hydrogen (secondary N) is 2. The van der Waals surface area contributed by atoms with Crippen molar-refractivity contribution in [1.82, 2.24) is 10.3 Å². The Hall–Kier alpha value is -2.61. The third-order valence-electron chi connectivity index (χ3n) is 4.03. The number of amides is 1. The number of carbonyl (C=O) groups is 2. The number of ketones is 1. The zero-order chi connectivity index (χ0) is 20.2. The van der Waals surface area contributed by atoms with Crippen molar-refractivity contribution < 1.29 is 27.5 Å². The van der Waals surface area contributed by atoms with Gasteiger partial charge in [0.1, 0.15) is 12.3 Å². The lowest BCUT2D eigenvalue weighted by molar-refractivity contribution is -0.176. The lowest BCUT2D eigenvalue weighted by atomic mass is 10.1. The Labute approximate surface area is 154 Å². The third kappa shape index (κ3) is 5.68. The van der Waals surface area contributed by atoms with Crippen LogP contribution < -0.4 is 5.32 Å². The van der Waals surface area contributed by atoms with Crippen molar-refractivity contribution in [3.63, 3.8) is 0 Å². The van der Waals surface area contributed by atoms with E-state index in [0.29, 0.717) is 28.1 Å². The molecule has 5 nitrogen and oxygen atoms in total. The molecule has 1 heterocycles. The number of benzene rings is 1. The second-order valence-corrected chi connectivity index (χ2v) is 6.29. The van der Waals surface area contributed by atoms with Crippen LogP contribution in [-0.4, -0.2) is 29.5 Å². The highest BCUT2D eigenvalue weighted by Gasteiger charge is 2.27. The number of alkyl halides is 3. The first-order valence-electron chi connectivity index (χ1n) is 8.29. The molecule has 27 heavy (non-hydrogen) atoms. The summed E-state index contributed by atoms with van der Waals surface area (Å²) in [6.07, 6.45) is -4.35. The molecule has 0 fully saturated rings. The molecule has 0 aliphatic heterocycles. The van der Waals surface area contributed by atoms with E-state index in [1.165, 1.54) is 6.92 Å². The molecule has 0 spiro atoms. The van der Waals surface area contributed by atoms with Crippen LogP contribution in [0.2, 0.25) is 0 Å². The molecule has 0 saturated heterocycles. The van der Waals surface area contributed by atoms with Gasteiger partial charge in [-0.15, -0.1) is 0 Å². The summed E-state index contributed by atoms with van der Waals surface area (Å²) in [5.41, 5.74) is 3.51. The van der Waals surface area contributed by atoms with E-state index in [0.717, 1.165) is 5.56 Å². The van der Waals surface area contributed by atoms with Gasteiger partial charge in [-0.05, 0) is 37.5 Å². The van der Waals surface area contributed by atoms with Gasteiger partial charge in [-0.2, -0.15) is 13.2 Å². The number of Topliss-reactive ketones (excluding diaryl/α,β-unsaturated/α-hetero) is 1. The van der Waals surface area contributed by atoms with Gasteiger partial charge in [0, 0.05) is 17.8 Å². The maximum atomic E-state index is 12.3. The zero-order valence-electron chi connectivity index (χ0n) is 15.3.